The second-order valence-corrected chi connectivity index (χ2v) is 9.77. The van der Waals surface area contributed by atoms with E-state index in [-0.39, 0.29) is 30.0 Å². The first kappa shape index (κ1) is 27.7. The van der Waals surface area contributed by atoms with Crippen LogP contribution in [-0.4, -0.2) is 35.0 Å². The van der Waals surface area contributed by atoms with Crippen LogP contribution >= 0.6 is 12.4 Å². The topological polar surface area (TPSA) is 41.0 Å². The number of likely N-dealkylation sites (N-methyl/N-ethyl adjacent to an activating group) is 1. The number of aromatic nitrogens is 2. The van der Waals surface area contributed by atoms with E-state index in [9.17, 15) is 8.78 Å². The van der Waals surface area contributed by atoms with Gasteiger partial charge in [-0.05, 0) is 79.4 Å². The molecule has 3 aromatic carbocycles. The van der Waals surface area contributed by atoms with Crippen LogP contribution in [0, 0.1) is 11.6 Å². The Morgan fingerprint density at radius 3 is 2.50 bits per heavy atom. The molecule has 0 spiro atoms. The molecule has 5 rings (SSSR count). The number of rotatable bonds is 9. The van der Waals surface area contributed by atoms with Gasteiger partial charge in [0.1, 0.15) is 11.6 Å². The van der Waals surface area contributed by atoms with E-state index in [0.717, 1.165) is 54.0 Å². The number of anilines is 2. The smallest absolute Gasteiger partial charge is 0.227 e. The molecular weight excluding hydrogens is 502 g/mol. The molecule has 0 amide bonds. The van der Waals surface area contributed by atoms with Crippen LogP contribution in [-0.2, 0) is 12.8 Å². The highest BCUT2D eigenvalue weighted by Gasteiger charge is 2.29. The van der Waals surface area contributed by atoms with E-state index in [4.69, 9.17) is 4.98 Å². The summed E-state index contributed by atoms with van der Waals surface area (Å²) in [5.74, 6) is -0.0412. The molecule has 1 heterocycles. The van der Waals surface area contributed by atoms with Gasteiger partial charge in [0.15, 0.2) is 0 Å². The van der Waals surface area contributed by atoms with Gasteiger partial charge in [0.05, 0.1) is 5.69 Å². The summed E-state index contributed by atoms with van der Waals surface area (Å²) in [5.41, 5.74) is 5.97. The third-order valence-electron chi connectivity index (χ3n) is 7.12. The third kappa shape index (κ3) is 6.03. The van der Waals surface area contributed by atoms with Crippen molar-refractivity contribution in [3.63, 3.8) is 0 Å². The van der Waals surface area contributed by atoms with Gasteiger partial charge in [-0.3, -0.25) is 0 Å². The van der Waals surface area contributed by atoms with Gasteiger partial charge >= 0.3 is 0 Å². The maximum Gasteiger partial charge on any atom is 0.227 e. The number of halogens is 3. The van der Waals surface area contributed by atoms with Gasteiger partial charge in [-0.25, -0.2) is 18.7 Å². The zero-order valence-corrected chi connectivity index (χ0v) is 22.6. The van der Waals surface area contributed by atoms with Gasteiger partial charge < -0.3 is 10.2 Å². The summed E-state index contributed by atoms with van der Waals surface area (Å²) in [4.78, 5) is 11.6. The van der Waals surface area contributed by atoms with E-state index in [0.29, 0.717) is 29.9 Å². The predicted octanol–water partition coefficient (Wildman–Crippen LogP) is 7.55. The molecule has 1 aliphatic rings. The number of fused-ring (bicyclic) bond motifs is 3. The fourth-order valence-electron chi connectivity index (χ4n) is 5.06. The SMILES string of the molecule is CCCCN(C)CCc1cc(Nc2ncc3c(n2)-c2ccccc2C(c2ccccc2F)C3)ccc1F.Cl. The fraction of sp³-hybridized carbons (Fsp3) is 0.290. The molecule has 1 aliphatic carbocycles. The van der Waals surface area contributed by atoms with Crippen molar-refractivity contribution in [3.8, 4) is 11.3 Å². The van der Waals surface area contributed by atoms with E-state index >= 15 is 0 Å². The largest absolute Gasteiger partial charge is 0.324 e. The number of hydrogen-bond acceptors (Lipinski definition) is 4. The number of benzene rings is 3. The van der Waals surface area contributed by atoms with Gasteiger partial charge in [0.25, 0.3) is 0 Å². The Morgan fingerprint density at radius 2 is 1.71 bits per heavy atom. The second-order valence-electron chi connectivity index (χ2n) is 9.77. The van der Waals surface area contributed by atoms with E-state index < -0.39 is 0 Å². The first-order chi connectivity index (χ1) is 18.0. The zero-order chi connectivity index (χ0) is 25.8. The molecule has 0 aliphatic heterocycles. The summed E-state index contributed by atoms with van der Waals surface area (Å²) >= 11 is 0. The quantitative estimate of drug-likeness (QED) is 0.241. The maximum absolute atomic E-state index is 14.7. The van der Waals surface area contributed by atoms with E-state index in [1.54, 1.807) is 12.1 Å². The summed E-state index contributed by atoms with van der Waals surface area (Å²) in [6.07, 6.45) is 5.37. The normalized spacial score (nSPS) is 14.0. The van der Waals surface area contributed by atoms with Gasteiger partial charge in [0.2, 0.25) is 5.95 Å². The van der Waals surface area contributed by atoms with Crippen molar-refractivity contribution < 1.29 is 8.78 Å². The lowest BCUT2D eigenvalue weighted by Gasteiger charge is -2.27. The molecule has 0 saturated carbocycles. The van der Waals surface area contributed by atoms with Crippen molar-refractivity contribution in [1.29, 1.82) is 0 Å². The average molecular weight is 535 g/mol. The summed E-state index contributed by atoms with van der Waals surface area (Å²) in [5, 5.41) is 3.26. The Morgan fingerprint density at radius 1 is 0.947 bits per heavy atom. The van der Waals surface area contributed by atoms with Crippen LogP contribution in [0.25, 0.3) is 11.3 Å². The highest BCUT2D eigenvalue weighted by Crippen LogP contribution is 2.42. The van der Waals surface area contributed by atoms with Gasteiger partial charge in [-0.15, -0.1) is 12.4 Å². The van der Waals surface area contributed by atoms with Crippen LogP contribution in [0.1, 0.15) is 47.9 Å². The fourth-order valence-corrected chi connectivity index (χ4v) is 5.06. The molecule has 0 saturated heterocycles. The van der Waals surface area contributed by atoms with Crippen LogP contribution in [0.5, 0.6) is 0 Å². The van der Waals surface area contributed by atoms with E-state index in [2.05, 4.69) is 29.2 Å². The average Bonchev–Trinajstić information content (AvgIpc) is 2.92. The van der Waals surface area contributed by atoms with Crippen molar-refractivity contribution in [2.45, 2.75) is 38.5 Å². The molecule has 1 N–H and O–H groups in total. The Kier molecular flexibility index (Phi) is 9.08. The lowest BCUT2D eigenvalue weighted by Crippen LogP contribution is -2.22. The number of nitrogens with one attached hydrogen (secondary N) is 1. The lowest BCUT2D eigenvalue weighted by molar-refractivity contribution is 0.330. The third-order valence-corrected chi connectivity index (χ3v) is 7.12. The van der Waals surface area contributed by atoms with Crippen molar-refractivity contribution in [2.24, 2.45) is 0 Å². The van der Waals surface area contributed by atoms with Crippen molar-refractivity contribution in [3.05, 3.63) is 107 Å². The van der Waals surface area contributed by atoms with Crippen LogP contribution in [0.2, 0.25) is 0 Å². The highest BCUT2D eigenvalue weighted by molar-refractivity contribution is 5.85. The second kappa shape index (κ2) is 12.5. The molecule has 38 heavy (non-hydrogen) atoms. The van der Waals surface area contributed by atoms with Crippen LogP contribution < -0.4 is 5.32 Å². The summed E-state index contributed by atoms with van der Waals surface area (Å²) < 4.78 is 29.2. The standard InChI is InChI=1S/C31H32F2N4.ClH/c1-3-4-16-37(2)17-15-21-18-23(13-14-28(21)32)35-31-34-20-22-19-27(25-10-7-8-12-29(25)33)24-9-5-6-11-26(24)30(22)36-31;/h5-14,18,20,27H,3-4,15-17,19H2,1-2H3,(H,34,35,36);1H. The first-order valence-corrected chi connectivity index (χ1v) is 13.0. The minimum absolute atomic E-state index is 0. The van der Waals surface area contributed by atoms with Crippen LogP contribution in [0.3, 0.4) is 0 Å². The molecule has 4 aromatic rings. The Labute approximate surface area is 229 Å². The molecule has 0 bridgehead atoms. The summed E-state index contributed by atoms with van der Waals surface area (Å²) in [7, 11) is 2.07. The Balaban J connectivity index is 0.00000336. The number of hydrogen-bond donors (Lipinski definition) is 1. The number of unbranched alkanes of at least 4 members (excludes halogenated alkanes) is 1. The van der Waals surface area contributed by atoms with E-state index in [1.165, 1.54) is 12.1 Å². The predicted molar refractivity (Wildman–Crippen MR) is 152 cm³/mol. The lowest BCUT2D eigenvalue weighted by atomic mass is 9.78. The molecule has 1 aromatic heterocycles. The number of nitrogens with zero attached hydrogens (tertiary/aromatic N) is 3. The van der Waals surface area contributed by atoms with Gasteiger partial charge in [-0.2, -0.15) is 0 Å². The first-order valence-electron chi connectivity index (χ1n) is 13.0. The van der Waals surface area contributed by atoms with Gasteiger partial charge in [0, 0.05) is 29.9 Å². The molecule has 198 valence electrons. The maximum atomic E-state index is 14.7. The Bertz CT molecular complexity index is 1390. The van der Waals surface area contributed by atoms with Crippen molar-refractivity contribution >= 4 is 24.0 Å². The highest BCUT2D eigenvalue weighted by atomic mass is 35.5. The molecule has 7 heteroatoms. The monoisotopic (exact) mass is 534 g/mol. The van der Waals surface area contributed by atoms with Crippen molar-refractivity contribution in [2.75, 3.05) is 25.5 Å². The summed E-state index contributed by atoms with van der Waals surface area (Å²) in [6, 6.07) is 20.0. The minimum atomic E-state index is -0.200. The van der Waals surface area contributed by atoms with Crippen LogP contribution in [0.4, 0.5) is 20.4 Å². The molecule has 1 unspecified atom stereocenters. The summed E-state index contributed by atoms with van der Waals surface area (Å²) in [6.45, 7) is 3.99. The van der Waals surface area contributed by atoms with Gasteiger partial charge in [-0.1, -0.05) is 55.8 Å². The molecule has 4 nitrogen and oxygen atoms in total. The minimum Gasteiger partial charge on any atom is -0.324 e. The molecule has 0 radical (unpaired) electrons. The van der Waals surface area contributed by atoms with Crippen molar-refractivity contribution in [1.82, 2.24) is 14.9 Å². The Hall–Kier alpha value is -3.35. The van der Waals surface area contributed by atoms with Crippen LogP contribution in [0.15, 0.2) is 72.9 Å². The molecular formula is C31H33ClF2N4. The van der Waals surface area contributed by atoms with E-state index in [1.807, 2.05) is 48.7 Å². The zero-order valence-electron chi connectivity index (χ0n) is 21.8. The molecule has 0 fully saturated rings. The molecule has 1 atom stereocenters.